The van der Waals surface area contributed by atoms with Gasteiger partial charge in [-0.25, -0.2) is 4.98 Å². The Labute approximate surface area is 152 Å². The second kappa shape index (κ2) is 7.68. The summed E-state index contributed by atoms with van der Waals surface area (Å²) in [6, 6.07) is 5.48. The predicted molar refractivity (Wildman–Crippen MR) is 87.8 cm³/mol. The summed E-state index contributed by atoms with van der Waals surface area (Å²) in [5.74, 6) is -0.0102. The van der Waals surface area contributed by atoms with Crippen molar-refractivity contribution in [2.45, 2.75) is 6.18 Å². The average Bonchev–Trinajstić information content (AvgIpc) is 3.20. The van der Waals surface area contributed by atoms with Crippen LogP contribution in [0.2, 0.25) is 0 Å². The van der Waals surface area contributed by atoms with Gasteiger partial charge < -0.3 is 14.6 Å². The summed E-state index contributed by atoms with van der Waals surface area (Å²) in [6.07, 6.45) is -2.09. The fourth-order valence-electron chi connectivity index (χ4n) is 2.75. The van der Waals surface area contributed by atoms with Crippen molar-refractivity contribution in [1.82, 2.24) is 10.2 Å². The summed E-state index contributed by atoms with van der Waals surface area (Å²) in [5, 5.41) is 2.50. The van der Waals surface area contributed by atoms with Crippen molar-refractivity contribution in [3.8, 4) is 0 Å². The molecular weight excluding hydrogens is 365 g/mol. The van der Waals surface area contributed by atoms with E-state index in [1.807, 2.05) is 4.90 Å². The Morgan fingerprint density at radius 1 is 1.15 bits per heavy atom. The number of furan rings is 1. The number of nitrogens with one attached hydrogen (secondary N) is 2. The smallest absolute Gasteiger partial charge is 0.419 e. The van der Waals surface area contributed by atoms with Gasteiger partial charge in [0.05, 0.1) is 31.5 Å². The molecule has 0 spiro atoms. The lowest BCUT2D eigenvalue weighted by molar-refractivity contribution is -0.367. The van der Waals surface area contributed by atoms with Gasteiger partial charge in [-0.3, -0.25) is 14.5 Å². The first-order valence-electron chi connectivity index (χ1n) is 8.28. The van der Waals surface area contributed by atoms with E-state index in [4.69, 9.17) is 4.42 Å². The van der Waals surface area contributed by atoms with Gasteiger partial charge >= 0.3 is 6.18 Å². The molecular formula is C17H18F3N4O3+. The first kappa shape index (κ1) is 18.7. The number of amides is 2. The van der Waals surface area contributed by atoms with Crippen molar-refractivity contribution in [3.05, 3.63) is 48.0 Å². The number of nitrogens with zero attached hydrogens (tertiary/aromatic N) is 2. The zero-order valence-corrected chi connectivity index (χ0v) is 14.3. The second-order valence-electron chi connectivity index (χ2n) is 5.99. The summed E-state index contributed by atoms with van der Waals surface area (Å²) in [5.41, 5.74) is -0.743. The van der Waals surface area contributed by atoms with E-state index in [2.05, 4.69) is 10.3 Å². The third-order valence-electron chi connectivity index (χ3n) is 4.24. The van der Waals surface area contributed by atoms with Gasteiger partial charge in [-0.05, 0) is 18.2 Å². The Morgan fingerprint density at radius 3 is 2.44 bits per heavy atom. The van der Waals surface area contributed by atoms with Crippen molar-refractivity contribution in [2.24, 2.45) is 0 Å². The number of aromatic amines is 1. The SMILES string of the molecule is O=C(NCC(=O)N1CCN(c2ccc(C(F)(F)F)c[nH+]2)CC1)c1ccco1. The van der Waals surface area contributed by atoms with E-state index in [1.165, 1.54) is 18.4 Å². The number of hydrogen-bond acceptors (Lipinski definition) is 4. The monoisotopic (exact) mass is 383 g/mol. The molecule has 1 fully saturated rings. The molecule has 10 heteroatoms. The molecule has 144 valence electrons. The maximum Gasteiger partial charge on any atom is 0.419 e. The van der Waals surface area contributed by atoms with Crippen LogP contribution in [0, 0.1) is 0 Å². The zero-order valence-electron chi connectivity index (χ0n) is 14.3. The van der Waals surface area contributed by atoms with Crippen molar-refractivity contribution in [1.29, 1.82) is 0 Å². The summed E-state index contributed by atoms with van der Waals surface area (Å²) < 4.78 is 42.8. The number of carbonyl (C=O) groups excluding carboxylic acids is 2. The lowest BCUT2D eigenvalue weighted by Crippen LogP contribution is -2.52. The summed E-state index contributed by atoms with van der Waals surface area (Å²) >= 11 is 0. The number of halogens is 3. The number of rotatable bonds is 4. The quantitative estimate of drug-likeness (QED) is 0.860. The van der Waals surface area contributed by atoms with Crippen LogP contribution < -0.4 is 15.2 Å². The van der Waals surface area contributed by atoms with Crippen LogP contribution in [-0.2, 0) is 11.0 Å². The Hall–Kier alpha value is -3.04. The molecule has 1 aliphatic rings. The number of piperazine rings is 1. The maximum atomic E-state index is 12.6. The topological polar surface area (TPSA) is 79.9 Å². The molecule has 3 heterocycles. The zero-order chi connectivity index (χ0) is 19.4. The molecule has 3 rings (SSSR count). The van der Waals surface area contributed by atoms with Crippen molar-refractivity contribution in [3.63, 3.8) is 0 Å². The molecule has 0 unspecified atom stereocenters. The van der Waals surface area contributed by atoms with Crippen LogP contribution >= 0.6 is 0 Å². The maximum absolute atomic E-state index is 12.6. The molecule has 2 aromatic heterocycles. The Morgan fingerprint density at radius 2 is 1.89 bits per heavy atom. The molecule has 0 bridgehead atoms. The Bertz CT molecular complexity index is 783. The molecule has 7 nitrogen and oxygen atoms in total. The van der Waals surface area contributed by atoms with Gasteiger partial charge in [-0.15, -0.1) is 0 Å². The number of aromatic nitrogens is 1. The third-order valence-corrected chi connectivity index (χ3v) is 4.24. The standard InChI is InChI=1S/C17H17F3N4O3/c18-17(19,20)12-3-4-14(21-10-12)23-5-7-24(8-6-23)15(25)11-22-16(26)13-2-1-9-27-13/h1-4,9-10H,5-8,11H2,(H,22,26)/p+1. The van der Waals surface area contributed by atoms with Gasteiger partial charge in [0.2, 0.25) is 5.91 Å². The lowest BCUT2D eigenvalue weighted by Gasteiger charge is -2.31. The molecule has 27 heavy (non-hydrogen) atoms. The number of anilines is 1. The molecule has 2 amide bonds. The molecule has 1 saturated heterocycles. The van der Waals surface area contributed by atoms with E-state index in [-0.39, 0.29) is 18.2 Å². The summed E-state index contributed by atoms with van der Waals surface area (Å²) in [4.78, 5) is 30.1. The highest BCUT2D eigenvalue weighted by molar-refractivity contribution is 5.94. The fourth-order valence-corrected chi connectivity index (χ4v) is 2.75. The minimum atomic E-state index is -4.39. The molecule has 0 aliphatic carbocycles. The highest BCUT2D eigenvalue weighted by Gasteiger charge is 2.33. The number of H-pyrrole nitrogens is 1. The first-order chi connectivity index (χ1) is 12.8. The summed E-state index contributed by atoms with van der Waals surface area (Å²) in [6.45, 7) is 1.61. The van der Waals surface area contributed by atoms with E-state index in [9.17, 15) is 22.8 Å². The van der Waals surface area contributed by atoms with E-state index in [1.54, 1.807) is 11.0 Å². The van der Waals surface area contributed by atoms with Crippen LogP contribution in [0.3, 0.4) is 0 Å². The summed E-state index contributed by atoms with van der Waals surface area (Å²) in [7, 11) is 0. The average molecular weight is 383 g/mol. The number of pyridine rings is 1. The van der Waals surface area contributed by atoms with Crippen LogP contribution in [0.25, 0.3) is 0 Å². The molecule has 0 radical (unpaired) electrons. The van der Waals surface area contributed by atoms with E-state index in [0.717, 1.165) is 12.3 Å². The number of carbonyl (C=O) groups is 2. The van der Waals surface area contributed by atoms with Crippen LogP contribution in [0.15, 0.2) is 41.1 Å². The van der Waals surface area contributed by atoms with Crippen molar-refractivity contribution >= 4 is 17.6 Å². The molecule has 2 aromatic rings. The normalized spacial score (nSPS) is 14.9. The molecule has 0 saturated carbocycles. The van der Waals surface area contributed by atoms with Crippen LogP contribution in [0.4, 0.5) is 19.0 Å². The van der Waals surface area contributed by atoms with Crippen molar-refractivity contribution < 1.29 is 32.2 Å². The van der Waals surface area contributed by atoms with E-state index >= 15 is 0 Å². The molecule has 1 aliphatic heterocycles. The number of hydrogen-bond donors (Lipinski definition) is 1. The van der Waals surface area contributed by atoms with Gasteiger partial charge in [0, 0.05) is 6.07 Å². The largest absolute Gasteiger partial charge is 0.459 e. The van der Waals surface area contributed by atoms with Crippen molar-refractivity contribution in [2.75, 3.05) is 37.6 Å². The predicted octanol–water partition coefficient (Wildman–Crippen LogP) is 1.19. The molecule has 0 aromatic carbocycles. The van der Waals surface area contributed by atoms with Gasteiger partial charge in [0.1, 0.15) is 19.3 Å². The minimum Gasteiger partial charge on any atom is -0.459 e. The van der Waals surface area contributed by atoms with Gasteiger partial charge in [0.15, 0.2) is 5.76 Å². The molecule has 2 N–H and O–H groups in total. The number of alkyl halides is 3. The minimum absolute atomic E-state index is 0.130. The van der Waals surface area contributed by atoms with Crippen LogP contribution in [-0.4, -0.2) is 49.4 Å². The molecule has 0 atom stereocenters. The fraction of sp³-hybridized carbons (Fsp3) is 0.353. The van der Waals surface area contributed by atoms with Crippen LogP contribution in [0.1, 0.15) is 16.1 Å². The Balaban J connectivity index is 1.48. The van der Waals surface area contributed by atoms with E-state index < -0.39 is 17.6 Å². The van der Waals surface area contributed by atoms with Gasteiger partial charge in [-0.2, -0.15) is 13.2 Å². The third kappa shape index (κ3) is 4.57. The van der Waals surface area contributed by atoms with E-state index in [0.29, 0.717) is 32.0 Å². The van der Waals surface area contributed by atoms with Gasteiger partial charge in [0.25, 0.3) is 11.7 Å². The highest BCUT2D eigenvalue weighted by atomic mass is 19.4. The highest BCUT2D eigenvalue weighted by Crippen LogP contribution is 2.28. The van der Waals surface area contributed by atoms with Gasteiger partial charge in [-0.1, -0.05) is 0 Å². The van der Waals surface area contributed by atoms with Crippen LogP contribution in [0.5, 0.6) is 0 Å². The lowest BCUT2D eigenvalue weighted by atomic mass is 10.2. The first-order valence-corrected chi connectivity index (χ1v) is 8.28. The Kier molecular flexibility index (Phi) is 5.33. The second-order valence-corrected chi connectivity index (χ2v) is 5.99.